The third kappa shape index (κ3) is 5.39. The topological polar surface area (TPSA) is 56.1 Å². The first-order valence-corrected chi connectivity index (χ1v) is 8.65. The van der Waals surface area contributed by atoms with Crippen molar-refractivity contribution in [1.82, 2.24) is 14.9 Å². The predicted molar refractivity (Wildman–Crippen MR) is 99.2 cm³/mol. The van der Waals surface area contributed by atoms with E-state index in [1.165, 1.54) is 0 Å². The quantitative estimate of drug-likeness (QED) is 0.715. The molecule has 2 aromatic rings. The molecule has 0 aliphatic heterocycles. The molecule has 7 heteroatoms. The lowest BCUT2D eigenvalue weighted by Crippen LogP contribution is -2.33. The lowest BCUT2D eigenvalue weighted by atomic mass is 10.2. The highest BCUT2D eigenvalue weighted by atomic mass is 127. The van der Waals surface area contributed by atoms with Gasteiger partial charge in [0.05, 0.1) is 17.0 Å². The number of hydrogen-bond acceptors (Lipinski definition) is 3. The molecule has 0 aliphatic carbocycles. The van der Waals surface area contributed by atoms with E-state index in [1.54, 1.807) is 12.5 Å². The minimum atomic E-state index is -0.499. The van der Waals surface area contributed by atoms with Crippen LogP contribution in [-0.4, -0.2) is 27.8 Å². The summed E-state index contributed by atoms with van der Waals surface area (Å²) in [5, 5.41) is 3.41. The zero-order chi connectivity index (χ0) is 17.0. The standard InChI is InChI=1S/C16H19ClIN3O2/c1-16(2,3)23-15(22)20-7-6-12-9-19-10-21(12)14-5-4-11(18)8-13(14)17/h4-5,8-10H,6-7H2,1-3H3,(H,20,22). The van der Waals surface area contributed by atoms with Gasteiger partial charge in [0.1, 0.15) is 5.60 Å². The van der Waals surface area contributed by atoms with Gasteiger partial charge >= 0.3 is 6.09 Å². The van der Waals surface area contributed by atoms with Gasteiger partial charge in [-0.3, -0.25) is 0 Å². The molecule has 0 spiro atoms. The molecule has 5 nitrogen and oxygen atoms in total. The van der Waals surface area contributed by atoms with E-state index in [4.69, 9.17) is 16.3 Å². The molecule has 0 unspecified atom stereocenters. The van der Waals surface area contributed by atoms with E-state index in [2.05, 4.69) is 32.9 Å². The average molecular weight is 448 g/mol. The number of halogens is 2. The molecule has 1 heterocycles. The fraction of sp³-hybridized carbons (Fsp3) is 0.375. The van der Waals surface area contributed by atoms with Crippen molar-refractivity contribution in [2.45, 2.75) is 32.8 Å². The Kier molecular flexibility index (Phi) is 5.91. The highest BCUT2D eigenvalue weighted by molar-refractivity contribution is 14.1. The van der Waals surface area contributed by atoms with Crippen molar-refractivity contribution in [3.8, 4) is 5.69 Å². The molecular formula is C16H19ClIN3O2. The Balaban J connectivity index is 2.01. The van der Waals surface area contributed by atoms with Crippen LogP contribution in [0, 0.1) is 3.57 Å². The fourth-order valence-corrected chi connectivity index (χ4v) is 2.95. The van der Waals surface area contributed by atoms with Gasteiger partial charge in [0.25, 0.3) is 0 Å². The number of rotatable bonds is 4. The number of carbonyl (C=O) groups excluding carboxylic acids is 1. The van der Waals surface area contributed by atoms with Gasteiger partial charge in [-0.25, -0.2) is 9.78 Å². The number of nitrogens with one attached hydrogen (secondary N) is 1. The molecule has 2 rings (SSSR count). The van der Waals surface area contributed by atoms with Crippen molar-refractivity contribution in [1.29, 1.82) is 0 Å². The third-order valence-corrected chi connectivity index (χ3v) is 3.91. The van der Waals surface area contributed by atoms with Crippen molar-refractivity contribution in [3.05, 3.63) is 45.0 Å². The second-order valence-electron chi connectivity index (χ2n) is 6.03. The largest absolute Gasteiger partial charge is 0.444 e. The van der Waals surface area contributed by atoms with E-state index in [9.17, 15) is 4.79 Å². The van der Waals surface area contributed by atoms with Crippen LogP contribution >= 0.6 is 34.2 Å². The molecule has 0 fully saturated rings. The molecule has 0 saturated carbocycles. The molecule has 1 amide bonds. The van der Waals surface area contributed by atoms with E-state index in [0.29, 0.717) is 18.0 Å². The highest BCUT2D eigenvalue weighted by Crippen LogP contribution is 2.24. The second kappa shape index (κ2) is 7.53. The zero-order valence-corrected chi connectivity index (χ0v) is 16.2. The molecule has 0 bridgehead atoms. The molecule has 0 saturated heterocycles. The van der Waals surface area contributed by atoms with E-state index < -0.39 is 11.7 Å². The SMILES string of the molecule is CC(C)(C)OC(=O)NCCc1cncn1-c1ccc(I)cc1Cl. The predicted octanol–water partition coefficient (Wildman–Crippen LogP) is 4.20. The summed E-state index contributed by atoms with van der Waals surface area (Å²) in [6.07, 6.45) is 3.69. The maximum atomic E-state index is 11.7. The van der Waals surface area contributed by atoms with Crippen molar-refractivity contribution >= 4 is 40.3 Å². The summed E-state index contributed by atoms with van der Waals surface area (Å²) in [6.45, 7) is 5.96. The lowest BCUT2D eigenvalue weighted by Gasteiger charge is -2.19. The molecule has 0 radical (unpaired) electrons. The first-order valence-electron chi connectivity index (χ1n) is 7.20. The Labute approximate surface area is 154 Å². The number of ether oxygens (including phenoxy) is 1. The molecule has 124 valence electrons. The van der Waals surface area contributed by atoms with Gasteiger partial charge in [-0.05, 0) is 61.6 Å². The zero-order valence-electron chi connectivity index (χ0n) is 13.3. The number of benzene rings is 1. The van der Waals surface area contributed by atoms with Gasteiger partial charge < -0.3 is 14.6 Å². The summed E-state index contributed by atoms with van der Waals surface area (Å²) in [7, 11) is 0. The number of hydrogen-bond donors (Lipinski definition) is 1. The smallest absolute Gasteiger partial charge is 0.407 e. The maximum Gasteiger partial charge on any atom is 0.407 e. The summed E-state index contributed by atoms with van der Waals surface area (Å²) in [5.74, 6) is 0. The number of carbonyl (C=O) groups is 1. The number of amides is 1. The Hall–Kier alpha value is -1.28. The fourth-order valence-electron chi connectivity index (χ4n) is 2.01. The van der Waals surface area contributed by atoms with Crippen LogP contribution in [0.3, 0.4) is 0 Å². The number of alkyl carbamates (subject to hydrolysis) is 1. The van der Waals surface area contributed by atoms with Gasteiger partial charge in [-0.15, -0.1) is 0 Å². The molecule has 1 N–H and O–H groups in total. The minimum absolute atomic E-state index is 0.420. The van der Waals surface area contributed by atoms with Gasteiger partial charge in [-0.2, -0.15) is 0 Å². The molecule has 1 aromatic carbocycles. The summed E-state index contributed by atoms with van der Waals surface area (Å²) < 4.78 is 8.21. The maximum absolute atomic E-state index is 11.7. The van der Waals surface area contributed by atoms with E-state index in [0.717, 1.165) is 15.0 Å². The lowest BCUT2D eigenvalue weighted by molar-refractivity contribution is 0.0528. The summed E-state index contributed by atoms with van der Waals surface area (Å²) in [4.78, 5) is 15.8. The van der Waals surface area contributed by atoms with Crippen molar-refractivity contribution in [3.63, 3.8) is 0 Å². The second-order valence-corrected chi connectivity index (χ2v) is 7.68. The number of nitrogens with zero attached hydrogens (tertiary/aromatic N) is 2. The van der Waals surface area contributed by atoms with Crippen LogP contribution in [0.1, 0.15) is 26.5 Å². The molecule has 0 atom stereocenters. The molecule has 0 aliphatic rings. The Morgan fingerprint density at radius 2 is 2.17 bits per heavy atom. The monoisotopic (exact) mass is 447 g/mol. The summed E-state index contributed by atoms with van der Waals surface area (Å²) >= 11 is 8.53. The van der Waals surface area contributed by atoms with Gasteiger partial charge in [-0.1, -0.05) is 11.6 Å². The van der Waals surface area contributed by atoms with Crippen LogP contribution in [0.2, 0.25) is 5.02 Å². The average Bonchev–Trinajstić information content (AvgIpc) is 2.85. The van der Waals surface area contributed by atoms with Crippen molar-refractivity contribution in [2.75, 3.05) is 6.54 Å². The van der Waals surface area contributed by atoms with E-state index >= 15 is 0 Å². The molecular weight excluding hydrogens is 429 g/mol. The van der Waals surface area contributed by atoms with Gasteiger partial charge in [0.2, 0.25) is 0 Å². The number of aromatic nitrogens is 2. The summed E-state index contributed by atoms with van der Waals surface area (Å²) in [6, 6.07) is 5.85. The normalized spacial score (nSPS) is 11.3. The first kappa shape index (κ1) is 18.1. The van der Waals surface area contributed by atoms with Crippen molar-refractivity contribution in [2.24, 2.45) is 0 Å². The first-order chi connectivity index (χ1) is 10.8. The molecule has 23 heavy (non-hydrogen) atoms. The highest BCUT2D eigenvalue weighted by Gasteiger charge is 2.16. The van der Waals surface area contributed by atoms with Crippen molar-refractivity contribution < 1.29 is 9.53 Å². The van der Waals surface area contributed by atoms with E-state index in [1.807, 2.05) is 43.5 Å². The van der Waals surface area contributed by atoms with Crippen LogP contribution in [0.5, 0.6) is 0 Å². The van der Waals surface area contributed by atoms with Crippen LogP contribution in [0.4, 0.5) is 4.79 Å². The van der Waals surface area contributed by atoms with Gasteiger partial charge in [0, 0.05) is 28.4 Å². The number of imidazole rings is 1. The Bertz CT molecular complexity index is 695. The van der Waals surface area contributed by atoms with Crippen LogP contribution in [-0.2, 0) is 11.2 Å². The Morgan fingerprint density at radius 1 is 1.43 bits per heavy atom. The van der Waals surface area contributed by atoms with Gasteiger partial charge in [0.15, 0.2) is 0 Å². The van der Waals surface area contributed by atoms with Crippen LogP contribution < -0.4 is 5.32 Å². The third-order valence-electron chi connectivity index (χ3n) is 2.93. The summed E-state index contributed by atoms with van der Waals surface area (Å²) in [5.41, 5.74) is 1.33. The van der Waals surface area contributed by atoms with Crippen LogP contribution in [0.25, 0.3) is 5.69 Å². The van der Waals surface area contributed by atoms with E-state index in [-0.39, 0.29) is 0 Å². The Morgan fingerprint density at radius 3 is 2.83 bits per heavy atom. The molecule has 1 aromatic heterocycles. The minimum Gasteiger partial charge on any atom is -0.444 e. The van der Waals surface area contributed by atoms with Crippen LogP contribution in [0.15, 0.2) is 30.7 Å².